The summed E-state index contributed by atoms with van der Waals surface area (Å²) in [7, 11) is 0. The number of nitrogens with one attached hydrogen (secondary N) is 1. The number of ketones is 1. The molecule has 39 heavy (non-hydrogen) atoms. The molecule has 0 radical (unpaired) electrons. The van der Waals surface area contributed by atoms with Crippen molar-refractivity contribution in [2.24, 2.45) is 5.41 Å². The third-order valence-electron chi connectivity index (χ3n) is 7.87. The molecule has 0 spiro atoms. The van der Waals surface area contributed by atoms with Crippen LogP contribution in [0.1, 0.15) is 49.4 Å². The lowest BCUT2D eigenvalue weighted by Crippen LogP contribution is -2.33. The summed E-state index contributed by atoms with van der Waals surface area (Å²) in [6.07, 6.45) is 1.38. The lowest BCUT2D eigenvalue weighted by molar-refractivity contribution is -0.118. The van der Waals surface area contributed by atoms with Crippen molar-refractivity contribution in [3.63, 3.8) is 0 Å². The highest BCUT2D eigenvalue weighted by molar-refractivity contribution is 6.31. The molecule has 0 fully saturated rings. The lowest BCUT2D eigenvalue weighted by Gasteiger charge is -2.40. The molecular formula is C33H28ClNO4. The average Bonchev–Trinajstić information content (AvgIpc) is 3.37. The van der Waals surface area contributed by atoms with E-state index < -0.39 is 0 Å². The fourth-order valence-corrected chi connectivity index (χ4v) is 6.31. The molecule has 196 valence electrons. The van der Waals surface area contributed by atoms with Crippen LogP contribution in [0.4, 0.5) is 5.69 Å². The van der Waals surface area contributed by atoms with Crippen molar-refractivity contribution in [3.8, 4) is 17.2 Å². The molecule has 2 heterocycles. The second-order valence-corrected chi connectivity index (χ2v) is 11.7. The maximum Gasteiger partial charge on any atom is 0.231 e. The molecule has 3 aliphatic rings. The molecule has 7 rings (SSSR count). The number of benzene rings is 4. The number of anilines is 1. The third kappa shape index (κ3) is 4.22. The zero-order valence-corrected chi connectivity index (χ0v) is 22.6. The first-order valence-electron chi connectivity index (χ1n) is 13.2. The Morgan fingerprint density at radius 3 is 2.67 bits per heavy atom. The van der Waals surface area contributed by atoms with E-state index in [4.69, 9.17) is 25.8 Å². The van der Waals surface area contributed by atoms with Crippen molar-refractivity contribution in [2.45, 2.75) is 39.3 Å². The standard InChI is InChI=1S/C33H28ClNO4/c1-33(2)15-24-30-23-9-4-3-6-19(23)10-11-26(30)35-32(31(24)27(36)16-33)20-7-5-8-22(12-20)37-17-21-13-28-29(14-25(21)34)39-18-38-28/h3-14,32,35H,15-18H2,1-2H3/t32-/m1/s1. The minimum absolute atomic E-state index is 0.0964. The van der Waals surface area contributed by atoms with Gasteiger partial charge in [-0.05, 0) is 58.0 Å². The number of hydrogen-bond acceptors (Lipinski definition) is 5. The van der Waals surface area contributed by atoms with Crippen molar-refractivity contribution in [3.05, 3.63) is 100 Å². The smallest absolute Gasteiger partial charge is 0.231 e. The minimum atomic E-state index is -0.255. The van der Waals surface area contributed by atoms with E-state index in [9.17, 15) is 4.79 Å². The van der Waals surface area contributed by atoms with E-state index >= 15 is 0 Å². The van der Waals surface area contributed by atoms with Gasteiger partial charge in [-0.25, -0.2) is 0 Å². The Bertz CT molecular complexity index is 1690. The van der Waals surface area contributed by atoms with Gasteiger partial charge in [-0.3, -0.25) is 4.79 Å². The summed E-state index contributed by atoms with van der Waals surface area (Å²) in [5, 5.41) is 6.64. The van der Waals surface area contributed by atoms with E-state index in [2.05, 4.69) is 61.6 Å². The van der Waals surface area contributed by atoms with Crippen molar-refractivity contribution in [1.29, 1.82) is 0 Å². The molecule has 1 aliphatic carbocycles. The second-order valence-electron chi connectivity index (χ2n) is 11.3. The number of rotatable bonds is 4. The number of Topliss-reactive ketones (excluding diaryl/α,β-unsaturated/α-hetero) is 1. The van der Waals surface area contributed by atoms with Crippen molar-refractivity contribution in [1.82, 2.24) is 0 Å². The van der Waals surface area contributed by atoms with Gasteiger partial charge in [0.1, 0.15) is 12.4 Å². The number of allylic oxidation sites excluding steroid dienone is 1. The molecule has 4 aromatic rings. The Labute approximate surface area is 232 Å². The van der Waals surface area contributed by atoms with Crippen LogP contribution in [-0.2, 0) is 11.4 Å². The Kier molecular flexibility index (Phi) is 5.60. The van der Waals surface area contributed by atoms with Crippen LogP contribution in [0.2, 0.25) is 5.02 Å². The molecule has 0 aromatic heterocycles. The van der Waals surface area contributed by atoms with E-state index in [0.717, 1.165) is 39.9 Å². The average molecular weight is 538 g/mol. The van der Waals surface area contributed by atoms with E-state index in [1.165, 1.54) is 10.8 Å². The predicted octanol–water partition coefficient (Wildman–Crippen LogP) is 8.11. The van der Waals surface area contributed by atoms with Gasteiger partial charge >= 0.3 is 0 Å². The molecule has 0 saturated heterocycles. The molecule has 0 saturated carbocycles. The molecule has 2 aliphatic heterocycles. The van der Waals surface area contributed by atoms with Gasteiger partial charge in [-0.1, -0.05) is 67.9 Å². The summed E-state index contributed by atoms with van der Waals surface area (Å²) in [6.45, 7) is 4.85. The van der Waals surface area contributed by atoms with Crippen LogP contribution in [0, 0.1) is 5.41 Å². The van der Waals surface area contributed by atoms with Crippen molar-refractivity contribution in [2.75, 3.05) is 12.1 Å². The van der Waals surface area contributed by atoms with Crippen LogP contribution in [0.3, 0.4) is 0 Å². The van der Waals surface area contributed by atoms with Crippen molar-refractivity contribution >= 4 is 39.4 Å². The fraction of sp³-hybridized carbons (Fsp3) is 0.242. The normalized spacial score (nSPS) is 18.9. The molecule has 0 unspecified atom stereocenters. The van der Waals surface area contributed by atoms with Gasteiger partial charge in [0.2, 0.25) is 6.79 Å². The zero-order valence-electron chi connectivity index (χ0n) is 21.8. The van der Waals surface area contributed by atoms with E-state index in [0.29, 0.717) is 28.7 Å². The third-order valence-corrected chi connectivity index (χ3v) is 8.22. The number of hydrogen-bond donors (Lipinski definition) is 1. The van der Waals surface area contributed by atoms with Gasteiger partial charge in [0.25, 0.3) is 0 Å². The Morgan fingerprint density at radius 1 is 0.974 bits per heavy atom. The first-order chi connectivity index (χ1) is 18.9. The molecular weight excluding hydrogens is 510 g/mol. The number of carbonyl (C=O) groups is 1. The van der Waals surface area contributed by atoms with Gasteiger partial charge in [-0.15, -0.1) is 0 Å². The molecule has 0 amide bonds. The van der Waals surface area contributed by atoms with Gasteiger partial charge in [0.15, 0.2) is 17.3 Å². The van der Waals surface area contributed by atoms with Crippen LogP contribution >= 0.6 is 11.6 Å². The summed E-state index contributed by atoms with van der Waals surface area (Å²) < 4.78 is 17.1. The minimum Gasteiger partial charge on any atom is -0.489 e. The first-order valence-corrected chi connectivity index (χ1v) is 13.6. The largest absolute Gasteiger partial charge is 0.489 e. The maximum atomic E-state index is 13.7. The molecule has 5 nitrogen and oxygen atoms in total. The zero-order chi connectivity index (χ0) is 26.7. The molecule has 4 aromatic carbocycles. The first kappa shape index (κ1) is 24.1. The Morgan fingerprint density at radius 2 is 1.79 bits per heavy atom. The van der Waals surface area contributed by atoms with E-state index in [1.807, 2.05) is 24.3 Å². The highest BCUT2D eigenvalue weighted by Crippen LogP contribution is 2.52. The fourth-order valence-electron chi connectivity index (χ4n) is 6.10. The van der Waals surface area contributed by atoms with Crippen LogP contribution in [-0.4, -0.2) is 12.6 Å². The number of fused-ring (bicyclic) bond motifs is 5. The van der Waals surface area contributed by atoms with Gasteiger partial charge in [0, 0.05) is 34.9 Å². The van der Waals surface area contributed by atoms with Crippen molar-refractivity contribution < 1.29 is 19.0 Å². The Balaban J connectivity index is 1.26. The van der Waals surface area contributed by atoms with Crippen LogP contribution in [0.25, 0.3) is 16.3 Å². The van der Waals surface area contributed by atoms with Gasteiger partial charge in [0.05, 0.1) is 11.1 Å². The van der Waals surface area contributed by atoms with Gasteiger partial charge < -0.3 is 19.5 Å². The van der Waals surface area contributed by atoms with Crippen LogP contribution < -0.4 is 19.5 Å². The predicted molar refractivity (Wildman–Crippen MR) is 154 cm³/mol. The van der Waals surface area contributed by atoms with Crippen LogP contribution in [0.5, 0.6) is 17.2 Å². The summed E-state index contributed by atoms with van der Waals surface area (Å²) in [4.78, 5) is 13.7. The molecule has 1 atom stereocenters. The monoisotopic (exact) mass is 537 g/mol. The topological polar surface area (TPSA) is 56.8 Å². The van der Waals surface area contributed by atoms with Gasteiger partial charge in [-0.2, -0.15) is 0 Å². The number of carbonyl (C=O) groups excluding carboxylic acids is 1. The second kappa shape index (κ2) is 9.06. The highest BCUT2D eigenvalue weighted by Gasteiger charge is 2.40. The van der Waals surface area contributed by atoms with E-state index in [1.54, 1.807) is 6.07 Å². The quantitative estimate of drug-likeness (QED) is 0.285. The van der Waals surface area contributed by atoms with Crippen LogP contribution in [0.15, 0.2) is 78.4 Å². The number of halogens is 1. The lowest BCUT2D eigenvalue weighted by atomic mass is 9.68. The van der Waals surface area contributed by atoms with E-state index in [-0.39, 0.29) is 30.6 Å². The molecule has 0 bridgehead atoms. The number of ether oxygens (including phenoxy) is 3. The molecule has 6 heteroatoms. The summed E-state index contributed by atoms with van der Waals surface area (Å²) in [5.74, 6) is 2.23. The summed E-state index contributed by atoms with van der Waals surface area (Å²) in [6, 6.07) is 24.0. The summed E-state index contributed by atoms with van der Waals surface area (Å²) in [5.41, 5.74) is 5.95. The summed E-state index contributed by atoms with van der Waals surface area (Å²) >= 11 is 6.46. The highest BCUT2D eigenvalue weighted by atomic mass is 35.5. The SMILES string of the molecule is CC1(C)CC(=O)C2=C(C1)c1c(ccc3ccccc13)N[C@@H]2c1cccc(OCc2cc3c(cc2Cl)OCO3)c1. The maximum absolute atomic E-state index is 13.7. The Hall–Kier alpha value is -3.96. The molecule has 1 N–H and O–H groups in total.